The maximum Gasteiger partial charge on any atom is 0.173 e. The van der Waals surface area contributed by atoms with E-state index in [4.69, 9.17) is 0 Å². The van der Waals surface area contributed by atoms with Gasteiger partial charge in [-0.2, -0.15) is 0 Å². The average molecular weight is 259 g/mol. The van der Waals surface area contributed by atoms with E-state index in [2.05, 4.69) is 29.3 Å². The lowest BCUT2D eigenvalue weighted by Crippen LogP contribution is -2.16. The summed E-state index contributed by atoms with van der Waals surface area (Å²) < 4.78 is 0. The second kappa shape index (κ2) is 4.01. The Kier molecular flexibility index (Phi) is 2.27. The monoisotopic (exact) mass is 259 g/mol. The number of carbonyl (C=O) groups excluding carboxylic acids is 1. The molecule has 0 aromatic heterocycles. The topological polar surface area (TPSA) is 29.4 Å². The number of carbonyl (C=O) groups is 1. The molecule has 20 heavy (non-hydrogen) atoms. The van der Waals surface area contributed by atoms with Crippen LogP contribution in [0.15, 0.2) is 53.5 Å². The molecule has 0 saturated heterocycles. The van der Waals surface area contributed by atoms with E-state index < -0.39 is 0 Å². The van der Waals surface area contributed by atoms with Crippen molar-refractivity contribution in [3.05, 3.63) is 54.1 Å². The second-order valence-electron chi connectivity index (χ2n) is 5.31. The van der Waals surface area contributed by atoms with Crippen LogP contribution in [0.2, 0.25) is 0 Å². The molecule has 2 heteroatoms. The highest BCUT2D eigenvalue weighted by molar-refractivity contribution is 6.20. The van der Waals surface area contributed by atoms with Crippen LogP contribution in [0.1, 0.15) is 17.3 Å². The van der Waals surface area contributed by atoms with Gasteiger partial charge in [0.15, 0.2) is 5.78 Å². The van der Waals surface area contributed by atoms with Gasteiger partial charge in [-0.15, -0.1) is 0 Å². The van der Waals surface area contributed by atoms with Crippen molar-refractivity contribution < 1.29 is 4.79 Å². The van der Waals surface area contributed by atoms with E-state index in [1.807, 2.05) is 31.2 Å². The third kappa shape index (κ3) is 1.51. The molecule has 1 unspecified atom stereocenters. The van der Waals surface area contributed by atoms with Crippen molar-refractivity contribution in [2.45, 2.75) is 6.92 Å². The number of Topliss-reactive ketones (excluding diaryl/α,β-unsaturated/α-hetero) is 1. The van der Waals surface area contributed by atoms with Gasteiger partial charge >= 0.3 is 0 Å². The first-order valence-electron chi connectivity index (χ1n) is 6.78. The summed E-state index contributed by atoms with van der Waals surface area (Å²) in [7, 11) is 0. The standard InChI is InChI=1S/C18H13NO/c1-11-10-19-16-7-6-14-8-12-4-2-3-5-13(12)9-15(14)17(16)18(11)20/h2-11H,1H3. The first-order valence-corrected chi connectivity index (χ1v) is 6.78. The molecule has 0 fully saturated rings. The first kappa shape index (κ1) is 11.4. The molecule has 0 radical (unpaired) electrons. The molecule has 1 aliphatic rings. The second-order valence-corrected chi connectivity index (χ2v) is 5.31. The van der Waals surface area contributed by atoms with Gasteiger partial charge in [-0.3, -0.25) is 9.79 Å². The van der Waals surface area contributed by atoms with Gasteiger partial charge < -0.3 is 0 Å². The zero-order chi connectivity index (χ0) is 13.7. The maximum absolute atomic E-state index is 12.5. The zero-order valence-electron chi connectivity index (χ0n) is 11.1. The molecule has 0 bridgehead atoms. The predicted octanol–water partition coefficient (Wildman–Crippen LogP) is 4.53. The van der Waals surface area contributed by atoms with E-state index in [9.17, 15) is 4.79 Å². The van der Waals surface area contributed by atoms with Crippen LogP contribution in [0.3, 0.4) is 0 Å². The normalized spacial score (nSPS) is 17.6. The van der Waals surface area contributed by atoms with Crippen molar-refractivity contribution in [1.82, 2.24) is 0 Å². The highest BCUT2D eigenvalue weighted by Gasteiger charge is 2.23. The molecule has 0 N–H and O–H groups in total. The van der Waals surface area contributed by atoms with Gasteiger partial charge in [0.25, 0.3) is 0 Å². The number of nitrogens with zero attached hydrogens (tertiary/aromatic N) is 1. The Bertz CT molecular complexity index is 892. The molecule has 1 atom stereocenters. The first-order chi connectivity index (χ1) is 9.74. The molecular formula is C18H13NO. The van der Waals surface area contributed by atoms with Gasteiger partial charge in [-0.05, 0) is 39.7 Å². The van der Waals surface area contributed by atoms with Gasteiger partial charge in [0, 0.05) is 6.21 Å². The molecule has 0 amide bonds. The van der Waals surface area contributed by atoms with Crippen molar-refractivity contribution in [2.75, 3.05) is 0 Å². The van der Waals surface area contributed by atoms with Crippen LogP contribution in [0, 0.1) is 5.92 Å². The van der Waals surface area contributed by atoms with E-state index in [0.717, 1.165) is 27.4 Å². The molecule has 3 aromatic carbocycles. The van der Waals surface area contributed by atoms with Crippen LogP contribution in [0.25, 0.3) is 21.5 Å². The largest absolute Gasteiger partial charge is 0.293 e. The summed E-state index contributed by atoms with van der Waals surface area (Å²) in [4.78, 5) is 16.9. The molecule has 2 nitrogen and oxygen atoms in total. The summed E-state index contributed by atoms with van der Waals surface area (Å²) in [5, 5.41) is 4.46. The lowest BCUT2D eigenvalue weighted by Gasteiger charge is -2.16. The van der Waals surface area contributed by atoms with Gasteiger partial charge in [-0.1, -0.05) is 37.3 Å². The average Bonchev–Trinajstić information content (AvgIpc) is 2.48. The minimum Gasteiger partial charge on any atom is -0.293 e. The molecule has 0 aliphatic carbocycles. The number of benzene rings is 3. The van der Waals surface area contributed by atoms with Gasteiger partial charge in [-0.25, -0.2) is 0 Å². The molecule has 1 heterocycles. The van der Waals surface area contributed by atoms with Crippen LogP contribution in [0.5, 0.6) is 0 Å². The van der Waals surface area contributed by atoms with Crippen LogP contribution in [-0.2, 0) is 0 Å². The molecule has 4 rings (SSSR count). The fourth-order valence-electron chi connectivity index (χ4n) is 2.86. The Morgan fingerprint density at radius 3 is 2.50 bits per heavy atom. The Morgan fingerprint density at radius 1 is 0.950 bits per heavy atom. The van der Waals surface area contributed by atoms with Crippen molar-refractivity contribution in [2.24, 2.45) is 10.9 Å². The van der Waals surface area contributed by atoms with Crippen molar-refractivity contribution >= 4 is 39.2 Å². The Labute approximate surface area is 116 Å². The Balaban J connectivity index is 2.15. The summed E-state index contributed by atoms with van der Waals surface area (Å²) in [5.41, 5.74) is 1.55. The maximum atomic E-state index is 12.5. The summed E-state index contributed by atoms with van der Waals surface area (Å²) in [5.74, 6) is 0.0236. The minimum absolute atomic E-state index is 0.139. The van der Waals surface area contributed by atoms with Crippen molar-refractivity contribution in [1.29, 1.82) is 0 Å². The molecular weight excluding hydrogens is 246 g/mol. The van der Waals surface area contributed by atoms with E-state index >= 15 is 0 Å². The molecule has 3 aromatic rings. The van der Waals surface area contributed by atoms with E-state index in [-0.39, 0.29) is 11.7 Å². The van der Waals surface area contributed by atoms with Crippen molar-refractivity contribution in [3.63, 3.8) is 0 Å². The van der Waals surface area contributed by atoms with Gasteiger partial charge in [0.1, 0.15) is 0 Å². The lowest BCUT2D eigenvalue weighted by atomic mass is 9.90. The molecule has 0 saturated carbocycles. The number of hydrogen-bond donors (Lipinski definition) is 0. The van der Waals surface area contributed by atoms with Gasteiger partial charge in [0.2, 0.25) is 0 Å². The predicted molar refractivity (Wildman–Crippen MR) is 83.1 cm³/mol. The van der Waals surface area contributed by atoms with E-state index in [1.54, 1.807) is 6.21 Å². The van der Waals surface area contributed by atoms with Crippen LogP contribution in [-0.4, -0.2) is 12.0 Å². The van der Waals surface area contributed by atoms with Crippen LogP contribution in [0.4, 0.5) is 5.69 Å². The fourth-order valence-corrected chi connectivity index (χ4v) is 2.86. The summed E-state index contributed by atoms with van der Waals surface area (Å²) >= 11 is 0. The number of rotatable bonds is 0. The summed E-state index contributed by atoms with van der Waals surface area (Å²) in [6.45, 7) is 1.90. The highest BCUT2D eigenvalue weighted by Crippen LogP contribution is 2.34. The van der Waals surface area contributed by atoms with Gasteiger partial charge in [0.05, 0.1) is 17.2 Å². The Hall–Kier alpha value is -2.48. The smallest absolute Gasteiger partial charge is 0.173 e. The number of aliphatic imine (C=N–C) groups is 1. The minimum atomic E-state index is -0.139. The van der Waals surface area contributed by atoms with E-state index in [0.29, 0.717) is 0 Å². The molecule has 96 valence electrons. The third-order valence-electron chi connectivity index (χ3n) is 3.96. The highest BCUT2D eigenvalue weighted by atomic mass is 16.1. The van der Waals surface area contributed by atoms with Crippen molar-refractivity contribution in [3.8, 4) is 0 Å². The number of ketones is 1. The van der Waals surface area contributed by atoms with Crippen LogP contribution >= 0.6 is 0 Å². The summed E-state index contributed by atoms with van der Waals surface area (Å²) in [6.07, 6.45) is 1.73. The number of fused-ring (bicyclic) bond motifs is 4. The molecule has 0 spiro atoms. The third-order valence-corrected chi connectivity index (χ3v) is 3.96. The summed E-state index contributed by atoms with van der Waals surface area (Å²) in [6, 6.07) is 16.4. The van der Waals surface area contributed by atoms with Crippen LogP contribution < -0.4 is 0 Å². The quantitative estimate of drug-likeness (QED) is 0.545. The lowest BCUT2D eigenvalue weighted by molar-refractivity contribution is 0.0964. The fraction of sp³-hybridized carbons (Fsp3) is 0.111. The SMILES string of the molecule is CC1C=Nc2ccc3cc4ccccc4cc3c2C1=O. The molecule has 1 aliphatic heterocycles. The van der Waals surface area contributed by atoms with E-state index in [1.165, 1.54) is 5.39 Å². The number of hydrogen-bond acceptors (Lipinski definition) is 2. The Morgan fingerprint density at radius 2 is 1.70 bits per heavy atom. The zero-order valence-corrected chi connectivity index (χ0v) is 11.1.